The number of rotatable bonds is 1. The second kappa shape index (κ2) is 7.57. The van der Waals surface area contributed by atoms with Gasteiger partial charge in [0.05, 0.1) is 24.3 Å². The van der Waals surface area contributed by atoms with E-state index in [1.54, 1.807) is 13.0 Å². The number of hydrogen-bond acceptors (Lipinski definition) is 4. The predicted molar refractivity (Wildman–Crippen MR) is 108 cm³/mol. The lowest BCUT2D eigenvalue weighted by Gasteiger charge is -2.33. The highest BCUT2D eigenvalue weighted by molar-refractivity contribution is 5.90. The molecule has 166 valence electrons. The molecule has 3 heterocycles. The minimum absolute atomic E-state index is 0.117. The highest BCUT2D eigenvalue weighted by Crippen LogP contribution is 2.43. The molecule has 0 spiro atoms. The maximum absolute atomic E-state index is 15.0. The summed E-state index contributed by atoms with van der Waals surface area (Å²) >= 11 is 0. The van der Waals surface area contributed by atoms with Crippen molar-refractivity contribution >= 4 is 11.7 Å². The van der Waals surface area contributed by atoms with Crippen LogP contribution in [0.25, 0.3) is 0 Å². The number of carbonyl (C=O) groups excluding carboxylic acids is 1. The molecule has 0 saturated carbocycles. The van der Waals surface area contributed by atoms with Crippen LogP contribution in [0.4, 0.5) is 23.7 Å². The number of hydrogen-bond donors (Lipinski definition) is 2. The molecule has 32 heavy (non-hydrogen) atoms. The summed E-state index contributed by atoms with van der Waals surface area (Å²) in [5.41, 5.74) is -1.40. The molecule has 2 aromatic rings. The predicted octanol–water partition coefficient (Wildman–Crippen LogP) is 3.12. The number of alkyl halides is 2. The van der Waals surface area contributed by atoms with Gasteiger partial charge in [-0.15, -0.1) is 6.42 Å². The number of nitrogens with one attached hydrogen (secondary N) is 1. The minimum atomic E-state index is -3.27. The van der Waals surface area contributed by atoms with Crippen LogP contribution in [-0.2, 0) is 25.4 Å². The van der Waals surface area contributed by atoms with Gasteiger partial charge in [0.2, 0.25) is 0 Å². The van der Waals surface area contributed by atoms with E-state index in [-0.39, 0.29) is 54.5 Å². The normalized spacial score (nSPS) is 23.8. The number of anilines is 1. The first-order chi connectivity index (χ1) is 15.1. The Hall–Kier alpha value is -3.50. The highest BCUT2D eigenvalue weighted by atomic mass is 19.3. The van der Waals surface area contributed by atoms with Gasteiger partial charge in [0.15, 0.2) is 0 Å². The van der Waals surface area contributed by atoms with Crippen LogP contribution in [0.15, 0.2) is 18.2 Å². The van der Waals surface area contributed by atoms with Gasteiger partial charge >= 0.3 is 6.03 Å². The molecule has 1 aromatic carbocycles. The van der Waals surface area contributed by atoms with Crippen molar-refractivity contribution in [3.63, 3.8) is 0 Å². The molecule has 0 aliphatic carbocycles. The Morgan fingerprint density at radius 2 is 2.16 bits per heavy atom. The van der Waals surface area contributed by atoms with E-state index in [2.05, 4.69) is 16.3 Å². The van der Waals surface area contributed by atoms with Crippen molar-refractivity contribution in [2.45, 2.75) is 56.8 Å². The number of fused-ring (bicyclic) bond motifs is 3. The van der Waals surface area contributed by atoms with Crippen LogP contribution in [0.5, 0.6) is 0 Å². The third-order valence-electron chi connectivity index (χ3n) is 5.96. The molecule has 7 nitrogen and oxygen atoms in total. The van der Waals surface area contributed by atoms with Crippen LogP contribution >= 0.6 is 0 Å². The standard InChI is InChI=1S/C22H20F3N5O2/c1-3-21(32)6-7-22(24,25)19-16-11-29(13(2)8-18(16)28-30(19)12-21)20(31)27-15-4-5-17(23)14(9-15)10-26/h1,4-5,9,13,32H,6-8,11-12H2,2H3,(H,27,31)/t13-,21+/m1/s1. The SMILES string of the molecule is C#C[C@]1(O)CCC(F)(F)c2c3c(nn2C1)C[C@@H](C)N(C(=O)Nc1ccc(F)c(C#N)c1)C3. The molecule has 4 rings (SSSR count). The summed E-state index contributed by atoms with van der Waals surface area (Å²) < 4.78 is 44.7. The van der Waals surface area contributed by atoms with E-state index in [4.69, 9.17) is 11.7 Å². The van der Waals surface area contributed by atoms with Gasteiger partial charge in [-0.3, -0.25) is 4.68 Å². The Morgan fingerprint density at radius 3 is 2.84 bits per heavy atom. The maximum atomic E-state index is 15.0. The van der Waals surface area contributed by atoms with E-state index in [9.17, 15) is 14.3 Å². The molecule has 0 radical (unpaired) electrons. The summed E-state index contributed by atoms with van der Waals surface area (Å²) in [6.45, 7) is 1.39. The Balaban J connectivity index is 1.65. The molecule has 2 amide bonds. The zero-order chi connectivity index (χ0) is 23.3. The molecule has 2 atom stereocenters. The van der Waals surface area contributed by atoms with Crippen molar-refractivity contribution in [3.8, 4) is 18.4 Å². The lowest BCUT2D eigenvalue weighted by molar-refractivity contribution is -0.0301. The second-order valence-corrected chi connectivity index (χ2v) is 8.23. The van der Waals surface area contributed by atoms with Crippen LogP contribution in [0.3, 0.4) is 0 Å². The van der Waals surface area contributed by atoms with Crippen molar-refractivity contribution < 1.29 is 23.1 Å². The van der Waals surface area contributed by atoms with Gasteiger partial charge in [0.1, 0.15) is 23.2 Å². The van der Waals surface area contributed by atoms with Crippen molar-refractivity contribution in [2.75, 3.05) is 5.32 Å². The summed E-state index contributed by atoms with van der Waals surface area (Å²) in [4.78, 5) is 14.3. The number of terminal acetylenes is 1. The Morgan fingerprint density at radius 1 is 1.41 bits per heavy atom. The zero-order valence-corrected chi connectivity index (χ0v) is 17.2. The number of urea groups is 1. The van der Waals surface area contributed by atoms with Gasteiger partial charge in [0.25, 0.3) is 5.92 Å². The zero-order valence-electron chi connectivity index (χ0n) is 17.2. The van der Waals surface area contributed by atoms with E-state index < -0.39 is 29.8 Å². The lowest BCUT2D eigenvalue weighted by Crippen LogP contribution is -2.45. The molecule has 10 heteroatoms. The third-order valence-corrected chi connectivity index (χ3v) is 5.96. The van der Waals surface area contributed by atoms with Gasteiger partial charge in [-0.1, -0.05) is 5.92 Å². The van der Waals surface area contributed by atoms with Gasteiger partial charge < -0.3 is 15.3 Å². The lowest BCUT2D eigenvalue weighted by atomic mass is 9.94. The molecule has 2 N–H and O–H groups in total. The molecule has 2 aliphatic rings. The average molecular weight is 443 g/mol. The van der Waals surface area contributed by atoms with Crippen LogP contribution in [0.2, 0.25) is 0 Å². The molecule has 0 bridgehead atoms. The molecular formula is C22H20F3N5O2. The van der Waals surface area contributed by atoms with Crippen LogP contribution in [-0.4, -0.2) is 37.5 Å². The Labute approximate surface area is 182 Å². The number of nitrogens with zero attached hydrogens (tertiary/aromatic N) is 4. The number of halogens is 3. The maximum Gasteiger partial charge on any atom is 0.322 e. The fourth-order valence-corrected chi connectivity index (χ4v) is 4.20. The average Bonchev–Trinajstić information content (AvgIpc) is 3.05. The van der Waals surface area contributed by atoms with Crippen molar-refractivity contribution in [2.24, 2.45) is 0 Å². The Bertz CT molecular complexity index is 1180. The van der Waals surface area contributed by atoms with E-state index in [0.717, 1.165) is 10.7 Å². The number of aliphatic hydroxyl groups is 1. The topological polar surface area (TPSA) is 94.2 Å². The van der Waals surface area contributed by atoms with Gasteiger partial charge in [-0.05, 0) is 31.5 Å². The fourth-order valence-electron chi connectivity index (χ4n) is 4.20. The molecular weight excluding hydrogens is 423 g/mol. The highest BCUT2D eigenvalue weighted by Gasteiger charge is 2.47. The van der Waals surface area contributed by atoms with E-state index in [1.807, 2.05) is 0 Å². The summed E-state index contributed by atoms with van der Waals surface area (Å²) in [7, 11) is 0. The number of amides is 2. The van der Waals surface area contributed by atoms with E-state index in [1.165, 1.54) is 17.0 Å². The van der Waals surface area contributed by atoms with Gasteiger partial charge in [0, 0.05) is 30.1 Å². The summed E-state index contributed by atoms with van der Waals surface area (Å²) in [6, 6.07) is 4.34. The number of carbonyl (C=O) groups is 1. The Kier molecular flexibility index (Phi) is 5.14. The first-order valence-corrected chi connectivity index (χ1v) is 10.0. The van der Waals surface area contributed by atoms with Gasteiger partial charge in [-0.25, -0.2) is 9.18 Å². The molecule has 0 fully saturated rings. The first kappa shape index (κ1) is 21.7. The molecule has 0 unspecified atom stereocenters. The number of benzene rings is 1. The van der Waals surface area contributed by atoms with Crippen LogP contribution in [0, 0.1) is 29.5 Å². The third kappa shape index (κ3) is 3.67. The summed E-state index contributed by atoms with van der Waals surface area (Å²) in [5.74, 6) is -1.79. The van der Waals surface area contributed by atoms with Gasteiger partial charge in [-0.2, -0.15) is 19.1 Å². The van der Waals surface area contributed by atoms with Crippen molar-refractivity contribution in [3.05, 3.63) is 46.5 Å². The van der Waals surface area contributed by atoms with E-state index >= 15 is 8.78 Å². The van der Waals surface area contributed by atoms with Crippen molar-refractivity contribution in [1.29, 1.82) is 5.26 Å². The second-order valence-electron chi connectivity index (χ2n) is 8.23. The van der Waals surface area contributed by atoms with E-state index in [0.29, 0.717) is 5.69 Å². The van der Waals surface area contributed by atoms with Crippen molar-refractivity contribution in [1.82, 2.24) is 14.7 Å². The largest absolute Gasteiger partial charge is 0.376 e. The monoisotopic (exact) mass is 443 g/mol. The first-order valence-electron chi connectivity index (χ1n) is 10.0. The van der Waals surface area contributed by atoms with Crippen LogP contribution < -0.4 is 5.32 Å². The number of aromatic nitrogens is 2. The minimum Gasteiger partial charge on any atom is -0.376 e. The fraction of sp³-hybridized carbons (Fsp3) is 0.409. The molecule has 2 aliphatic heterocycles. The molecule has 0 saturated heterocycles. The smallest absolute Gasteiger partial charge is 0.322 e. The van der Waals surface area contributed by atoms with Crippen LogP contribution in [0.1, 0.15) is 42.3 Å². The quantitative estimate of drug-likeness (QED) is 0.663. The summed E-state index contributed by atoms with van der Waals surface area (Å²) in [5, 5.41) is 26.3. The summed E-state index contributed by atoms with van der Waals surface area (Å²) in [6.07, 6.45) is 4.69. The molecule has 1 aromatic heterocycles. The number of nitriles is 1.